The summed E-state index contributed by atoms with van der Waals surface area (Å²) in [6.45, 7) is 0.447. The average Bonchev–Trinajstić information content (AvgIpc) is 3.00. The molecule has 164 valence electrons. The molecule has 1 N–H and O–H groups in total. The fraction of sp³-hybridized carbons (Fsp3) is 0.412. The highest BCUT2D eigenvalue weighted by molar-refractivity contribution is 7.89. The predicted octanol–water partition coefficient (Wildman–Crippen LogP) is 0.684. The summed E-state index contributed by atoms with van der Waals surface area (Å²) in [6.07, 6.45) is 2.51. The smallest absolute Gasteiger partial charge is 0.411 e. The molecule has 0 radical (unpaired) electrons. The van der Waals surface area contributed by atoms with E-state index in [0.717, 1.165) is 0 Å². The van der Waals surface area contributed by atoms with E-state index in [0.29, 0.717) is 12.1 Å². The molecule has 1 fully saturated rings. The Morgan fingerprint density at radius 2 is 1.60 bits per heavy atom. The minimum Gasteiger partial charge on any atom is -0.453 e. The number of amides is 1. The van der Waals surface area contributed by atoms with E-state index in [2.05, 4.69) is 15.0 Å². The molecule has 13 heteroatoms. The maximum absolute atomic E-state index is 13.0. The number of nitrogens with zero attached hydrogens (tertiary/aromatic N) is 4. The van der Waals surface area contributed by atoms with Crippen molar-refractivity contribution < 1.29 is 26.4 Å². The van der Waals surface area contributed by atoms with Crippen LogP contribution >= 0.6 is 0 Å². The van der Waals surface area contributed by atoms with Crippen LogP contribution in [-0.2, 0) is 31.8 Å². The summed E-state index contributed by atoms with van der Waals surface area (Å²) in [5, 5.41) is 2.39. The van der Waals surface area contributed by atoms with Gasteiger partial charge in [-0.1, -0.05) is 0 Å². The third-order valence-corrected chi connectivity index (χ3v) is 8.32. The van der Waals surface area contributed by atoms with Crippen LogP contribution in [0.4, 0.5) is 10.5 Å². The normalized spacial score (nSPS) is 16.7. The highest BCUT2D eigenvalue weighted by atomic mass is 32.2. The van der Waals surface area contributed by atoms with E-state index in [4.69, 9.17) is 0 Å². The summed E-state index contributed by atoms with van der Waals surface area (Å²) >= 11 is 0. The number of imidazole rings is 1. The Balaban J connectivity index is 1.73. The average molecular weight is 458 g/mol. The zero-order valence-corrected chi connectivity index (χ0v) is 18.2. The summed E-state index contributed by atoms with van der Waals surface area (Å²) in [5.41, 5.74) is 0.393. The number of carbonyl (C=O) groups is 1. The van der Waals surface area contributed by atoms with Crippen LogP contribution in [0.5, 0.6) is 0 Å². The first-order valence-corrected chi connectivity index (χ1v) is 12.0. The first kappa shape index (κ1) is 22.2. The van der Waals surface area contributed by atoms with E-state index < -0.39 is 26.1 Å². The molecule has 2 heterocycles. The van der Waals surface area contributed by atoms with Crippen molar-refractivity contribution in [3.05, 3.63) is 36.8 Å². The molecule has 11 nitrogen and oxygen atoms in total. The molecule has 0 bridgehead atoms. The number of hydrogen-bond acceptors (Lipinski definition) is 7. The van der Waals surface area contributed by atoms with E-state index in [1.165, 1.54) is 52.5 Å². The van der Waals surface area contributed by atoms with Gasteiger partial charge in [0.2, 0.25) is 10.0 Å². The van der Waals surface area contributed by atoms with Gasteiger partial charge in [0.15, 0.2) is 5.03 Å². The number of aromatic nitrogens is 2. The molecule has 30 heavy (non-hydrogen) atoms. The van der Waals surface area contributed by atoms with Gasteiger partial charge in [-0.05, 0) is 30.7 Å². The minimum absolute atomic E-state index is 0.0244. The number of anilines is 1. The maximum Gasteiger partial charge on any atom is 0.411 e. The van der Waals surface area contributed by atoms with Crippen molar-refractivity contribution in [2.75, 3.05) is 38.6 Å². The van der Waals surface area contributed by atoms with Crippen molar-refractivity contribution in [1.29, 1.82) is 0 Å². The number of benzene rings is 1. The Hall–Kier alpha value is -2.48. The zero-order valence-electron chi connectivity index (χ0n) is 16.6. The van der Waals surface area contributed by atoms with E-state index in [1.807, 2.05) is 0 Å². The Bertz CT molecular complexity index is 1110. The molecular weight excluding hydrogens is 434 g/mol. The zero-order chi connectivity index (χ0) is 21.9. The number of hydrogen-bond donors (Lipinski definition) is 1. The molecule has 1 aliphatic heterocycles. The fourth-order valence-electron chi connectivity index (χ4n) is 3.03. The topological polar surface area (TPSA) is 131 Å². The summed E-state index contributed by atoms with van der Waals surface area (Å²) in [5.74, 6) is 0. The van der Waals surface area contributed by atoms with Gasteiger partial charge in [0, 0.05) is 45.1 Å². The van der Waals surface area contributed by atoms with Crippen molar-refractivity contribution in [1.82, 2.24) is 18.2 Å². The van der Waals surface area contributed by atoms with Crippen molar-refractivity contribution in [3.8, 4) is 0 Å². The van der Waals surface area contributed by atoms with E-state index in [9.17, 15) is 21.6 Å². The molecule has 2 aromatic rings. The van der Waals surface area contributed by atoms with Crippen LogP contribution in [0, 0.1) is 0 Å². The highest BCUT2D eigenvalue weighted by Gasteiger charge is 2.32. The van der Waals surface area contributed by atoms with Gasteiger partial charge in [0.05, 0.1) is 18.3 Å². The fourth-order valence-corrected chi connectivity index (χ4v) is 5.94. The Kier molecular flexibility index (Phi) is 6.45. The van der Waals surface area contributed by atoms with Gasteiger partial charge in [0.1, 0.15) is 0 Å². The van der Waals surface area contributed by atoms with E-state index >= 15 is 0 Å². The molecule has 1 aliphatic rings. The van der Waals surface area contributed by atoms with Gasteiger partial charge in [-0.2, -0.15) is 8.61 Å². The standard InChI is InChI=1S/C17H23N5O6S2/c1-20-12-16(18-13-20)30(26,27)22-9-3-8-21(10-11-22)29(24,25)15-6-4-14(5-7-15)19-17(23)28-2/h4-7,12-13H,3,8-11H2,1-2H3,(H,19,23). The second-order valence-corrected chi connectivity index (χ2v) is 10.5. The van der Waals surface area contributed by atoms with Gasteiger partial charge in [-0.25, -0.2) is 26.6 Å². The van der Waals surface area contributed by atoms with E-state index in [-0.39, 0.29) is 36.1 Å². The van der Waals surface area contributed by atoms with Gasteiger partial charge in [-0.15, -0.1) is 0 Å². The van der Waals surface area contributed by atoms with Gasteiger partial charge < -0.3 is 9.30 Å². The van der Waals surface area contributed by atoms with Crippen LogP contribution in [0.3, 0.4) is 0 Å². The summed E-state index contributed by atoms with van der Waals surface area (Å²) in [6, 6.07) is 5.68. The second kappa shape index (κ2) is 8.71. The molecule has 1 saturated heterocycles. The lowest BCUT2D eigenvalue weighted by atomic mass is 10.3. The molecule has 3 rings (SSSR count). The molecule has 1 aromatic carbocycles. The number of ether oxygens (including phenoxy) is 1. The minimum atomic E-state index is -3.82. The molecule has 0 spiro atoms. The maximum atomic E-state index is 13.0. The van der Waals surface area contributed by atoms with Crippen LogP contribution < -0.4 is 5.32 Å². The largest absolute Gasteiger partial charge is 0.453 e. The lowest BCUT2D eigenvalue weighted by Crippen LogP contribution is -2.37. The Labute approximate surface area is 175 Å². The van der Waals surface area contributed by atoms with E-state index in [1.54, 1.807) is 11.6 Å². The molecular formula is C17H23N5O6S2. The van der Waals surface area contributed by atoms with Crippen molar-refractivity contribution in [2.45, 2.75) is 16.3 Å². The second-order valence-electron chi connectivity index (χ2n) is 6.68. The number of aryl methyl sites for hydroxylation is 1. The monoisotopic (exact) mass is 457 g/mol. The van der Waals surface area contributed by atoms with Crippen LogP contribution in [0.1, 0.15) is 6.42 Å². The molecule has 1 aromatic heterocycles. The van der Waals surface area contributed by atoms with Crippen LogP contribution in [0.15, 0.2) is 46.7 Å². The third-order valence-electron chi connectivity index (χ3n) is 4.62. The quantitative estimate of drug-likeness (QED) is 0.699. The summed E-state index contributed by atoms with van der Waals surface area (Å²) in [4.78, 5) is 15.2. The molecule has 1 amide bonds. The van der Waals surface area contributed by atoms with Crippen LogP contribution in [0.25, 0.3) is 0 Å². The Morgan fingerprint density at radius 3 is 2.13 bits per heavy atom. The van der Waals surface area contributed by atoms with Gasteiger partial charge in [0.25, 0.3) is 10.0 Å². The lowest BCUT2D eigenvalue weighted by molar-refractivity contribution is 0.187. The lowest BCUT2D eigenvalue weighted by Gasteiger charge is -2.21. The van der Waals surface area contributed by atoms with Crippen LogP contribution in [-0.4, -0.2) is 74.4 Å². The molecule has 0 aliphatic carbocycles. The van der Waals surface area contributed by atoms with Crippen molar-refractivity contribution in [2.24, 2.45) is 7.05 Å². The molecule has 0 saturated carbocycles. The predicted molar refractivity (Wildman–Crippen MR) is 108 cm³/mol. The van der Waals surface area contributed by atoms with Crippen molar-refractivity contribution >= 4 is 31.8 Å². The summed E-state index contributed by atoms with van der Waals surface area (Å²) in [7, 11) is -4.71. The SMILES string of the molecule is COC(=O)Nc1ccc(S(=O)(=O)N2CCCN(S(=O)(=O)c3cn(C)cn3)CC2)cc1. The summed E-state index contributed by atoms with van der Waals surface area (Å²) < 4.78 is 60.1. The third kappa shape index (κ3) is 4.64. The van der Waals surface area contributed by atoms with Gasteiger partial charge >= 0.3 is 6.09 Å². The number of nitrogens with one attached hydrogen (secondary N) is 1. The first-order chi connectivity index (χ1) is 14.1. The first-order valence-electron chi connectivity index (χ1n) is 9.08. The number of carbonyl (C=O) groups excluding carboxylic acids is 1. The molecule has 0 atom stereocenters. The number of rotatable bonds is 5. The van der Waals surface area contributed by atoms with Crippen molar-refractivity contribution in [3.63, 3.8) is 0 Å². The Morgan fingerprint density at radius 1 is 1.00 bits per heavy atom. The van der Waals surface area contributed by atoms with Gasteiger partial charge in [-0.3, -0.25) is 5.32 Å². The van der Waals surface area contributed by atoms with Crippen LogP contribution in [0.2, 0.25) is 0 Å². The number of sulfonamides is 2. The highest BCUT2D eigenvalue weighted by Crippen LogP contribution is 2.22. The molecule has 0 unspecified atom stereocenters. The number of methoxy groups -OCH3 is 1.